The molecule has 3 N–H and O–H groups in total. The van der Waals surface area contributed by atoms with Crippen molar-refractivity contribution in [1.82, 2.24) is 20.7 Å². The Morgan fingerprint density at radius 2 is 1.63 bits per heavy atom. The molecule has 1 aliphatic rings. The van der Waals surface area contributed by atoms with Gasteiger partial charge in [-0.15, -0.1) is 11.3 Å². The van der Waals surface area contributed by atoms with Gasteiger partial charge in [-0.05, 0) is 37.1 Å². The fourth-order valence-corrected chi connectivity index (χ4v) is 5.18. The summed E-state index contributed by atoms with van der Waals surface area (Å²) in [4.78, 5) is 44.0. The van der Waals surface area contributed by atoms with E-state index in [9.17, 15) is 14.4 Å². The van der Waals surface area contributed by atoms with Crippen molar-refractivity contribution in [2.45, 2.75) is 18.8 Å². The van der Waals surface area contributed by atoms with Crippen LogP contribution in [0.5, 0.6) is 17.2 Å². The molecule has 0 spiro atoms. The van der Waals surface area contributed by atoms with Crippen molar-refractivity contribution in [2.75, 3.05) is 39.7 Å². The van der Waals surface area contributed by atoms with Crippen LogP contribution in [0, 0.1) is 0 Å². The number of carbonyl (C=O) groups is 3. The van der Waals surface area contributed by atoms with Crippen LogP contribution < -0.4 is 30.4 Å². The lowest BCUT2D eigenvalue weighted by molar-refractivity contribution is 0.0708. The number of para-hydroxylation sites is 1. The van der Waals surface area contributed by atoms with Crippen LogP contribution in [-0.2, 0) is 0 Å². The maximum Gasteiger partial charge on any atom is 0.337 e. The maximum atomic E-state index is 13.3. The van der Waals surface area contributed by atoms with Crippen LogP contribution in [0.3, 0.4) is 0 Å². The molecule has 1 saturated heterocycles. The van der Waals surface area contributed by atoms with Gasteiger partial charge in [-0.25, -0.2) is 15.2 Å². The van der Waals surface area contributed by atoms with Gasteiger partial charge < -0.3 is 24.4 Å². The number of nitrogens with one attached hydrogen (secondary N) is 3. The van der Waals surface area contributed by atoms with E-state index < -0.39 is 11.9 Å². The summed E-state index contributed by atoms with van der Waals surface area (Å²) in [7, 11) is 4.51. The molecule has 1 aromatic heterocycles. The third kappa shape index (κ3) is 5.97. The topological polar surface area (TPSA) is 131 Å². The molecule has 3 aromatic rings. The van der Waals surface area contributed by atoms with Gasteiger partial charge >= 0.3 is 6.03 Å². The molecule has 12 heteroatoms. The molecule has 2 aromatic carbocycles. The monoisotopic (exact) mass is 539 g/mol. The lowest BCUT2D eigenvalue weighted by atomic mass is 9.97. The molecular weight excluding hydrogens is 510 g/mol. The first-order valence-corrected chi connectivity index (χ1v) is 12.8. The Morgan fingerprint density at radius 3 is 2.29 bits per heavy atom. The van der Waals surface area contributed by atoms with Crippen LogP contribution >= 0.6 is 11.3 Å². The zero-order valence-corrected chi connectivity index (χ0v) is 22.1. The third-order valence-corrected chi connectivity index (χ3v) is 7.15. The molecular formula is C26H29N5O6S. The van der Waals surface area contributed by atoms with Crippen LogP contribution in [0.4, 0.5) is 10.5 Å². The fraction of sp³-hybridized carbons (Fsp3) is 0.308. The normalized spacial score (nSPS) is 13.4. The van der Waals surface area contributed by atoms with Crippen molar-refractivity contribution in [3.05, 3.63) is 64.1 Å². The van der Waals surface area contributed by atoms with E-state index in [4.69, 9.17) is 14.2 Å². The van der Waals surface area contributed by atoms with E-state index in [-0.39, 0.29) is 17.5 Å². The van der Waals surface area contributed by atoms with E-state index >= 15 is 0 Å². The number of nitrogens with zero attached hydrogens (tertiary/aromatic N) is 2. The van der Waals surface area contributed by atoms with Gasteiger partial charge in [0.1, 0.15) is 5.69 Å². The first-order valence-electron chi connectivity index (χ1n) is 11.9. The summed E-state index contributed by atoms with van der Waals surface area (Å²) in [5, 5.41) is 5.09. The second-order valence-corrected chi connectivity index (χ2v) is 9.31. The van der Waals surface area contributed by atoms with Gasteiger partial charge in [0.15, 0.2) is 11.5 Å². The largest absolute Gasteiger partial charge is 0.493 e. The van der Waals surface area contributed by atoms with Crippen molar-refractivity contribution in [2.24, 2.45) is 0 Å². The summed E-state index contributed by atoms with van der Waals surface area (Å²) in [6, 6.07) is 11.7. The van der Waals surface area contributed by atoms with E-state index in [0.29, 0.717) is 54.4 Å². The summed E-state index contributed by atoms with van der Waals surface area (Å²) in [6.07, 6.45) is 1.40. The Hall–Kier alpha value is -4.32. The maximum absolute atomic E-state index is 13.3. The molecule has 0 unspecified atom stereocenters. The Labute approximate surface area is 224 Å². The Kier molecular flexibility index (Phi) is 8.64. The van der Waals surface area contributed by atoms with Gasteiger partial charge in [0, 0.05) is 30.1 Å². The van der Waals surface area contributed by atoms with E-state index in [0.717, 1.165) is 5.01 Å². The first-order chi connectivity index (χ1) is 18.4. The SMILES string of the molecule is COc1ccc(C(=O)N2CCC(c3nc(C(=O)NNC(=O)Nc4ccccc4)cs3)CC2)c(OC)c1OC. The molecule has 11 nitrogen and oxygen atoms in total. The molecule has 0 bridgehead atoms. The molecule has 1 fully saturated rings. The smallest absolute Gasteiger partial charge is 0.337 e. The number of aromatic nitrogens is 1. The number of ether oxygens (including phenoxy) is 3. The van der Waals surface area contributed by atoms with Gasteiger partial charge in [0.25, 0.3) is 11.8 Å². The van der Waals surface area contributed by atoms with Crippen molar-refractivity contribution in [3.63, 3.8) is 0 Å². The van der Waals surface area contributed by atoms with Crippen LogP contribution in [0.25, 0.3) is 0 Å². The highest BCUT2D eigenvalue weighted by Crippen LogP contribution is 2.40. The first kappa shape index (κ1) is 26.7. The van der Waals surface area contributed by atoms with Crippen LogP contribution in [0.15, 0.2) is 47.8 Å². The second-order valence-electron chi connectivity index (χ2n) is 8.42. The molecule has 4 amide bonds. The molecule has 38 heavy (non-hydrogen) atoms. The molecule has 1 aliphatic heterocycles. The summed E-state index contributed by atoms with van der Waals surface area (Å²) < 4.78 is 16.2. The molecule has 0 aliphatic carbocycles. The zero-order chi connectivity index (χ0) is 27.1. The van der Waals surface area contributed by atoms with Crippen LogP contribution in [0.1, 0.15) is 44.6 Å². The number of anilines is 1. The number of carbonyl (C=O) groups excluding carboxylic acids is 3. The molecule has 0 atom stereocenters. The highest BCUT2D eigenvalue weighted by Gasteiger charge is 2.30. The highest BCUT2D eigenvalue weighted by molar-refractivity contribution is 7.09. The summed E-state index contributed by atoms with van der Waals surface area (Å²) >= 11 is 1.39. The summed E-state index contributed by atoms with van der Waals surface area (Å²) in [5.41, 5.74) is 5.91. The number of urea groups is 1. The number of hydrazine groups is 1. The summed E-state index contributed by atoms with van der Waals surface area (Å²) in [6.45, 7) is 1.06. The Balaban J connectivity index is 1.32. The zero-order valence-electron chi connectivity index (χ0n) is 21.3. The number of methoxy groups -OCH3 is 3. The predicted octanol–water partition coefficient (Wildman–Crippen LogP) is 3.66. The molecule has 4 rings (SSSR count). The number of rotatable bonds is 7. The van der Waals surface area contributed by atoms with Crippen LogP contribution in [-0.4, -0.2) is 62.1 Å². The minimum absolute atomic E-state index is 0.118. The van der Waals surface area contributed by atoms with Gasteiger partial charge in [-0.3, -0.25) is 15.0 Å². The Morgan fingerprint density at radius 1 is 0.921 bits per heavy atom. The van der Waals surface area contributed by atoms with E-state index in [2.05, 4.69) is 21.2 Å². The van der Waals surface area contributed by atoms with E-state index in [1.165, 1.54) is 32.7 Å². The van der Waals surface area contributed by atoms with Crippen molar-refractivity contribution in [3.8, 4) is 17.2 Å². The number of amides is 4. The molecule has 2 heterocycles. The third-order valence-electron chi connectivity index (χ3n) is 6.14. The summed E-state index contributed by atoms with van der Waals surface area (Å²) in [5.74, 6) is 0.642. The van der Waals surface area contributed by atoms with Crippen molar-refractivity contribution >= 4 is 34.9 Å². The van der Waals surface area contributed by atoms with Crippen LogP contribution in [0.2, 0.25) is 0 Å². The number of piperidine rings is 1. The van der Waals surface area contributed by atoms with E-state index in [1.54, 1.807) is 46.7 Å². The van der Waals surface area contributed by atoms with Crippen molar-refractivity contribution < 1.29 is 28.6 Å². The van der Waals surface area contributed by atoms with Gasteiger partial charge in [0.2, 0.25) is 5.75 Å². The van der Waals surface area contributed by atoms with E-state index in [1.807, 2.05) is 6.07 Å². The minimum atomic E-state index is -0.567. The number of hydrogen-bond donors (Lipinski definition) is 3. The Bertz CT molecular complexity index is 1290. The number of likely N-dealkylation sites (tertiary alicyclic amines) is 1. The van der Waals surface area contributed by atoms with Gasteiger partial charge in [0.05, 0.1) is 31.9 Å². The molecule has 200 valence electrons. The van der Waals surface area contributed by atoms with Gasteiger partial charge in [-0.2, -0.15) is 0 Å². The molecule has 0 saturated carbocycles. The lowest BCUT2D eigenvalue weighted by Crippen LogP contribution is -2.44. The number of hydrogen-bond acceptors (Lipinski definition) is 8. The quantitative estimate of drug-likeness (QED) is 0.391. The standard InChI is InChI=1S/C26H29N5O6S/c1-35-20-10-9-18(21(36-2)22(20)37-3)25(33)31-13-11-16(12-14-31)24-28-19(15-38-24)23(32)29-30-26(34)27-17-7-5-4-6-8-17/h4-10,15-16H,11-14H2,1-3H3,(H,29,32)(H2,27,30,34). The lowest BCUT2D eigenvalue weighted by Gasteiger charge is -2.31. The number of benzene rings is 2. The highest BCUT2D eigenvalue weighted by atomic mass is 32.1. The minimum Gasteiger partial charge on any atom is -0.493 e. The fourth-order valence-electron chi connectivity index (χ4n) is 4.21. The second kappa shape index (κ2) is 12.3. The number of thiazole rings is 1. The average molecular weight is 540 g/mol. The average Bonchev–Trinajstić information content (AvgIpc) is 3.46. The predicted molar refractivity (Wildman–Crippen MR) is 142 cm³/mol. The van der Waals surface area contributed by atoms with Gasteiger partial charge in [-0.1, -0.05) is 18.2 Å². The molecule has 0 radical (unpaired) electrons. The van der Waals surface area contributed by atoms with Crippen molar-refractivity contribution in [1.29, 1.82) is 0 Å².